The summed E-state index contributed by atoms with van der Waals surface area (Å²) in [5.41, 5.74) is 0.177. The van der Waals surface area contributed by atoms with Crippen molar-refractivity contribution >= 4 is 31.9 Å². The molecule has 1 aromatic carbocycles. The first kappa shape index (κ1) is 16.9. The van der Waals surface area contributed by atoms with E-state index < -0.39 is 15.9 Å². The summed E-state index contributed by atoms with van der Waals surface area (Å²) in [6.07, 6.45) is 1.62. The molecule has 0 aromatic heterocycles. The molecular formula is C12H17BrN2O4S. The van der Waals surface area contributed by atoms with Gasteiger partial charge in [-0.1, -0.05) is 15.9 Å². The largest absolute Gasteiger partial charge is 0.507 e. The fourth-order valence-electron chi connectivity index (χ4n) is 1.45. The first-order valence-corrected chi connectivity index (χ1v) is 8.54. The Hall–Kier alpha value is -1.12. The second kappa shape index (κ2) is 7.05. The molecule has 0 bridgehead atoms. The van der Waals surface area contributed by atoms with E-state index in [1.807, 2.05) is 0 Å². The SMILES string of the molecule is CN(CCCNC(=O)c1cc(Br)ccc1O)S(C)(=O)=O. The number of carbonyl (C=O) groups excluding carboxylic acids is 1. The zero-order valence-corrected chi connectivity index (χ0v) is 13.7. The summed E-state index contributed by atoms with van der Waals surface area (Å²) in [5.74, 6) is -0.496. The highest BCUT2D eigenvalue weighted by Gasteiger charge is 2.12. The van der Waals surface area contributed by atoms with Gasteiger partial charge in [0.25, 0.3) is 5.91 Å². The van der Waals surface area contributed by atoms with Crippen molar-refractivity contribution in [3.8, 4) is 5.75 Å². The van der Waals surface area contributed by atoms with Crippen LogP contribution >= 0.6 is 15.9 Å². The first-order valence-electron chi connectivity index (χ1n) is 5.90. The van der Waals surface area contributed by atoms with Crippen LogP contribution in [0.25, 0.3) is 0 Å². The number of phenolic OH excluding ortho intramolecular Hbond substituents is 1. The van der Waals surface area contributed by atoms with E-state index in [4.69, 9.17) is 0 Å². The molecule has 20 heavy (non-hydrogen) atoms. The molecule has 0 aliphatic carbocycles. The molecule has 0 saturated heterocycles. The molecule has 0 atom stereocenters. The normalized spacial score (nSPS) is 11.6. The van der Waals surface area contributed by atoms with Gasteiger partial charge in [0.15, 0.2) is 0 Å². The lowest BCUT2D eigenvalue weighted by molar-refractivity contribution is 0.0950. The van der Waals surface area contributed by atoms with Gasteiger partial charge in [0, 0.05) is 24.6 Å². The van der Waals surface area contributed by atoms with Crippen LogP contribution in [0.1, 0.15) is 16.8 Å². The number of carbonyl (C=O) groups is 1. The van der Waals surface area contributed by atoms with Gasteiger partial charge in [-0.3, -0.25) is 4.79 Å². The summed E-state index contributed by atoms with van der Waals surface area (Å²) in [4.78, 5) is 11.8. The molecule has 0 heterocycles. The Morgan fingerprint density at radius 2 is 2.10 bits per heavy atom. The van der Waals surface area contributed by atoms with E-state index in [9.17, 15) is 18.3 Å². The van der Waals surface area contributed by atoms with Gasteiger partial charge in [-0.25, -0.2) is 12.7 Å². The summed E-state index contributed by atoms with van der Waals surface area (Å²) < 4.78 is 24.2. The van der Waals surface area contributed by atoms with Gasteiger partial charge in [0.05, 0.1) is 11.8 Å². The van der Waals surface area contributed by atoms with Crippen LogP contribution in [0, 0.1) is 0 Å². The third-order valence-electron chi connectivity index (χ3n) is 2.70. The Labute approximate surface area is 127 Å². The van der Waals surface area contributed by atoms with Crippen LogP contribution in [-0.4, -0.2) is 50.1 Å². The Balaban J connectivity index is 2.47. The molecule has 112 valence electrons. The molecule has 6 nitrogen and oxygen atoms in total. The number of halogens is 1. The molecule has 0 unspecified atom stereocenters. The zero-order valence-electron chi connectivity index (χ0n) is 11.3. The van der Waals surface area contributed by atoms with Gasteiger partial charge in [-0.05, 0) is 24.6 Å². The van der Waals surface area contributed by atoms with Gasteiger partial charge in [0.1, 0.15) is 5.75 Å². The van der Waals surface area contributed by atoms with Crippen molar-refractivity contribution in [3.63, 3.8) is 0 Å². The van der Waals surface area contributed by atoms with E-state index >= 15 is 0 Å². The lowest BCUT2D eigenvalue weighted by atomic mass is 10.2. The molecule has 0 spiro atoms. The number of sulfonamides is 1. The van der Waals surface area contributed by atoms with Crippen molar-refractivity contribution in [3.05, 3.63) is 28.2 Å². The van der Waals surface area contributed by atoms with Crippen LogP contribution in [-0.2, 0) is 10.0 Å². The zero-order chi connectivity index (χ0) is 15.3. The van der Waals surface area contributed by atoms with E-state index in [0.29, 0.717) is 24.0 Å². The minimum absolute atomic E-state index is 0.0982. The summed E-state index contributed by atoms with van der Waals surface area (Å²) >= 11 is 3.22. The minimum atomic E-state index is -3.19. The number of amides is 1. The summed E-state index contributed by atoms with van der Waals surface area (Å²) in [6, 6.07) is 4.58. The van der Waals surface area contributed by atoms with Crippen LogP contribution < -0.4 is 5.32 Å². The molecule has 0 saturated carbocycles. The van der Waals surface area contributed by atoms with Gasteiger partial charge < -0.3 is 10.4 Å². The molecule has 0 aliphatic heterocycles. The van der Waals surface area contributed by atoms with E-state index in [1.165, 1.54) is 23.5 Å². The van der Waals surface area contributed by atoms with Crippen molar-refractivity contribution in [2.45, 2.75) is 6.42 Å². The fraction of sp³-hybridized carbons (Fsp3) is 0.417. The van der Waals surface area contributed by atoms with E-state index in [-0.39, 0.29) is 11.3 Å². The summed E-state index contributed by atoms with van der Waals surface area (Å²) in [7, 11) is -1.71. The Morgan fingerprint density at radius 3 is 2.70 bits per heavy atom. The fourth-order valence-corrected chi connectivity index (χ4v) is 2.28. The molecular weight excluding hydrogens is 348 g/mol. The number of hydrogen-bond acceptors (Lipinski definition) is 4. The van der Waals surface area contributed by atoms with Gasteiger partial charge in [0.2, 0.25) is 10.0 Å². The molecule has 2 N–H and O–H groups in total. The average Bonchev–Trinajstić information content (AvgIpc) is 2.35. The van der Waals surface area contributed by atoms with Crippen molar-refractivity contribution in [1.82, 2.24) is 9.62 Å². The number of hydrogen-bond donors (Lipinski definition) is 2. The van der Waals surface area contributed by atoms with Gasteiger partial charge >= 0.3 is 0 Å². The smallest absolute Gasteiger partial charge is 0.255 e. The number of phenols is 1. The number of nitrogens with zero attached hydrogens (tertiary/aromatic N) is 1. The number of aromatic hydroxyl groups is 1. The summed E-state index contributed by atoms with van der Waals surface area (Å²) in [6.45, 7) is 0.647. The monoisotopic (exact) mass is 364 g/mol. The van der Waals surface area contributed by atoms with Crippen molar-refractivity contribution in [2.24, 2.45) is 0 Å². The summed E-state index contributed by atoms with van der Waals surface area (Å²) in [5, 5.41) is 12.2. The van der Waals surface area contributed by atoms with E-state index in [2.05, 4.69) is 21.2 Å². The molecule has 8 heteroatoms. The third-order valence-corrected chi connectivity index (χ3v) is 4.51. The quantitative estimate of drug-likeness (QED) is 0.741. The van der Waals surface area contributed by atoms with E-state index in [0.717, 1.165) is 6.26 Å². The number of nitrogens with one attached hydrogen (secondary N) is 1. The van der Waals surface area contributed by atoms with Gasteiger partial charge in [-0.15, -0.1) is 0 Å². The van der Waals surface area contributed by atoms with Crippen LogP contribution in [0.2, 0.25) is 0 Å². The van der Waals surface area contributed by atoms with Crippen molar-refractivity contribution in [2.75, 3.05) is 26.4 Å². The second-order valence-electron chi connectivity index (χ2n) is 4.36. The highest BCUT2D eigenvalue weighted by atomic mass is 79.9. The molecule has 0 radical (unpaired) electrons. The number of benzene rings is 1. The molecule has 1 amide bonds. The standard InChI is InChI=1S/C12H17BrN2O4S/c1-15(20(2,18)19)7-3-6-14-12(17)10-8-9(13)4-5-11(10)16/h4-5,8,16H,3,6-7H2,1-2H3,(H,14,17). The average molecular weight is 365 g/mol. The number of rotatable bonds is 6. The van der Waals surface area contributed by atoms with Crippen LogP contribution in [0.4, 0.5) is 0 Å². The highest BCUT2D eigenvalue weighted by molar-refractivity contribution is 9.10. The maximum absolute atomic E-state index is 11.8. The maximum Gasteiger partial charge on any atom is 0.255 e. The molecule has 1 rings (SSSR count). The lowest BCUT2D eigenvalue weighted by Gasteiger charge is -2.14. The van der Waals surface area contributed by atoms with Crippen molar-refractivity contribution < 1.29 is 18.3 Å². The second-order valence-corrected chi connectivity index (χ2v) is 7.36. The first-order chi connectivity index (χ1) is 9.21. The van der Waals surface area contributed by atoms with Crippen LogP contribution in [0.15, 0.2) is 22.7 Å². The van der Waals surface area contributed by atoms with Crippen molar-refractivity contribution in [1.29, 1.82) is 0 Å². The molecule has 1 aromatic rings. The maximum atomic E-state index is 11.8. The van der Waals surface area contributed by atoms with Gasteiger partial charge in [-0.2, -0.15) is 0 Å². The van der Waals surface area contributed by atoms with Crippen LogP contribution in [0.5, 0.6) is 5.75 Å². The predicted molar refractivity (Wildman–Crippen MR) is 80.2 cm³/mol. The molecule has 0 aliphatic rings. The Morgan fingerprint density at radius 1 is 1.45 bits per heavy atom. The highest BCUT2D eigenvalue weighted by Crippen LogP contribution is 2.21. The molecule has 0 fully saturated rings. The third kappa shape index (κ3) is 5.10. The Bertz CT molecular complexity index is 589. The van der Waals surface area contributed by atoms with Crippen LogP contribution in [0.3, 0.4) is 0 Å². The lowest BCUT2D eigenvalue weighted by Crippen LogP contribution is -2.30. The predicted octanol–water partition coefficient (Wildman–Crippen LogP) is 1.17. The topological polar surface area (TPSA) is 86.7 Å². The minimum Gasteiger partial charge on any atom is -0.507 e. The Kier molecular flexibility index (Phi) is 5.97. The van der Waals surface area contributed by atoms with E-state index in [1.54, 1.807) is 6.07 Å².